The molecule has 1 heterocycles. The predicted molar refractivity (Wildman–Crippen MR) is 108 cm³/mol. The zero-order chi connectivity index (χ0) is 20.1. The minimum Gasteiger partial charge on any atom is -0.496 e. The first-order chi connectivity index (χ1) is 13.4. The van der Waals surface area contributed by atoms with E-state index in [-0.39, 0.29) is 0 Å². The predicted octanol–water partition coefficient (Wildman–Crippen LogP) is 3.12. The fourth-order valence-electron chi connectivity index (χ4n) is 2.84. The van der Waals surface area contributed by atoms with Gasteiger partial charge in [0.1, 0.15) is 17.8 Å². The third-order valence-corrected chi connectivity index (χ3v) is 4.64. The van der Waals surface area contributed by atoms with E-state index in [4.69, 9.17) is 9.47 Å². The summed E-state index contributed by atoms with van der Waals surface area (Å²) in [5, 5.41) is 0. The van der Waals surface area contributed by atoms with Crippen molar-refractivity contribution in [3.63, 3.8) is 0 Å². The third-order valence-electron chi connectivity index (χ3n) is 4.05. The van der Waals surface area contributed by atoms with Gasteiger partial charge in [0.05, 0.1) is 31.9 Å². The molecule has 0 atom stereocenters. The molecule has 0 aliphatic carbocycles. The van der Waals surface area contributed by atoms with Crippen molar-refractivity contribution < 1.29 is 17.9 Å². The van der Waals surface area contributed by atoms with Crippen molar-refractivity contribution in [1.82, 2.24) is 9.97 Å². The lowest BCUT2D eigenvalue weighted by molar-refractivity contribution is 0.416. The molecule has 1 N–H and O–H groups in total. The maximum absolute atomic E-state index is 11.5. The number of sulfonamides is 1. The summed E-state index contributed by atoms with van der Waals surface area (Å²) < 4.78 is 36.1. The van der Waals surface area contributed by atoms with Crippen LogP contribution < -0.4 is 14.2 Å². The summed E-state index contributed by atoms with van der Waals surface area (Å²) >= 11 is 0. The Hall–Kier alpha value is -3.13. The van der Waals surface area contributed by atoms with Crippen molar-refractivity contribution in [3.05, 3.63) is 66.1 Å². The highest BCUT2D eigenvalue weighted by Gasteiger charge is 2.11. The van der Waals surface area contributed by atoms with Crippen LogP contribution in [0.5, 0.6) is 11.5 Å². The number of nitrogens with one attached hydrogen (secondary N) is 1. The van der Waals surface area contributed by atoms with Crippen molar-refractivity contribution in [2.45, 2.75) is 6.42 Å². The van der Waals surface area contributed by atoms with Crippen molar-refractivity contribution >= 4 is 15.7 Å². The molecule has 8 heteroatoms. The van der Waals surface area contributed by atoms with Gasteiger partial charge in [-0.15, -0.1) is 0 Å². The Morgan fingerprint density at radius 1 is 0.964 bits per heavy atom. The second-order valence-electron chi connectivity index (χ2n) is 6.18. The van der Waals surface area contributed by atoms with Crippen LogP contribution in [0.1, 0.15) is 11.3 Å². The van der Waals surface area contributed by atoms with Gasteiger partial charge in [-0.05, 0) is 35.9 Å². The number of benzene rings is 2. The summed E-state index contributed by atoms with van der Waals surface area (Å²) in [7, 11) is -0.265. The summed E-state index contributed by atoms with van der Waals surface area (Å²) in [5.74, 6) is 1.19. The highest BCUT2D eigenvalue weighted by molar-refractivity contribution is 7.92. The molecule has 2 aromatic carbocycles. The van der Waals surface area contributed by atoms with Gasteiger partial charge in [-0.1, -0.05) is 18.2 Å². The number of methoxy groups -OCH3 is 2. The van der Waals surface area contributed by atoms with Crippen LogP contribution >= 0.6 is 0 Å². The molecule has 0 aliphatic rings. The van der Waals surface area contributed by atoms with Crippen LogP contribution in [-0.4, -0.2) is 38.9 Å². The molecule has 0 unspecified atom stereocenters. The van der Waals surface area contributed by atoms with Crippen molar-refractivity contribution in [3.8, 4) is 22.8 Å². The molecular formula is C20H21N3O4S. The average Bonchev–Trinajstić information content (AvgIpc) is 2.68. The molecule has 0 spiro atoms. The Labute approximate surface area is 164 Å². The Morgan fingerprint density at radius 2 is 1.71 bits per heavy atom. The van der Waals surface area contributed by atoms with E-state index in [0.717, 1.165) is 34.5 Å². The lowest BCUT2D eigenvalue weighted by Crippen LogP contribution is -2.10. The standard InChI is InChI=1S/C20H21N3O4S/c1-26-19-7-5-4-6-16(19)18-12-15(21-13-22-18)10-14-8-9-17(20(11-14)27-2)23-28(3,24)25/h4-9,11-13,23H,10H2,1-3H3. The first kappa shape index (κ1) is 19.6. The highest BCUT2D eigenvalue weighted by Crippen LogP contribution is 2.30. The quantitative estimate of drug-likeness (QED) is 0.656. The number of aromatic nitrogens is 2. The van der Waals surface area contributed by atoms with Crippen LogP contribution in [0.2, 0.25) is 0 Å². The Balaban J connectivity index is 1.88. The third kappa shape index (κ3) is 4.77. The van der Waals surface area contributed by atoms with E-state index in [1.54, 1.807) is 19.2 Å². The fraction of sp³-hybridized carbons (Fsp3) is 0.200. The van der Waals surface area contributed by atoms with Crippen molar-refractivity contribution in [2.24, 2.45) is 0 Å². The highest BCUT2D eigenvalue weighted by atomic mass is 32.2. The van der Waals surface area contributed by atoms with E-state index in [2.05, 4.69) is 14.7 Å². The SMILES string of the molecule is COc1cc(Cc2cc(-c3ccccc3OC)ncn2)ccc1NS(C)(=O)=O. The van der Waals surface area contributed by atoms with E-state index in [9.17, 15) is 8.42 Å². The molecule has 0 radical (unpaired) electrons. The van der Waals surface area contributed by atoms with Gasteiger partial charge in [0.15, 0.2) is 0 Å². The van der Waals surface area contributed by atoms with Gasteiger partial charge >= 0.3 is 0 Å². The normalized spacial score (nSPS) is 11.1. The maximum Gasteiger partial charge on any atom is 0.229 e. The van der Waals surface area contributed by atoms with Gasteiger partial charge in [-0.25, -0.2) is 18.4 Å². The average molecular weight is 399 g/mol. The monoisotopic (exact) mass is 399 g/mol. The van der Waals surface area contributed by atoms with E-state index >= 15 is 0 Å². The first-order valence-corrected chi connectivity index (χ1v) is 10.4. The second kappa shape index (κ2) is 8.26. The van der Waals surface area contributed by atoms with Gasteiger partial charge in [-0.2, -0.15) is 0 Å². The van der Waals surface area contributed by atoms with Gasteiger partial charge in [0.25, 0.3) is 0 Å². The van der Waals surface area contributed by atoms with E-state index in [1.165, 1.54) is 13.4 Å². The number of para-hydroxylation sites is 1. The summed E-state index contributed by atoms with van der Waals surface area (Å²) in [4.78, 5) is 8.70. The molecule has 7 nitrogen and oxygen atoms in total. The van der Waals surface area contributed by atoms with Crippen molar-refractivity contribution in [2.75, 3.05) is 25.2 Å². The molecule has 1 aromatic heterocycles. The fourth-order valence-corrected chi connectivity index (χ4v) is 3.40. The number of rotatable bonds is 7. The van der Waals surface area contributed by atoms with Crippen LogP contribution in [0.4, 0.5) is 5.69 Å². The summed E-state index contributed by atoms with van der Waals surface area (Å²) in [6.07, 6.45) is 3.16. The van der Waals surface area contributed by atoms with Crippen LogP contribution in [0.3, 0.4) is 0 Å². The summed E-state index contributed by atoms with van der Waals surface area (Å²) in [5.41, 5.74) is 3.80. The molecule has 0 saturated carbocycles. The lowest BCUT2D eigenvalue weighted by atomic mass is 10.1. The number of hydrogen-bond donors (Lipinski definition) is 1. The molecule has 0 amide bonds. The Morgan fingerprint density at radius 3 is 2.43 bits per heavy atom. The molecular weight excluding hydrogens is 378 g/mol. The van der Waals surface area contributed by atoms with Gasteiger partial charge < -0.3 is 9.47 Å². The van der Waals surface area contributed by atoms with Crippen LogP contribution in [-0.2, 0) is 16.4 Å². The molecule has 3 rings (SSSR count). The minimum atomic E-state index is -3.39. The minimum absolute atomic E-state index is 0.395. The zero-order valence-electron chi connectivity index (χ0n) is 15.8. The van der Waals surface area contributed by atoms with Gasteiger partial charge in [-0.3, -0.25) is 4.72 Å². The first-order valence-electron chi connectivity index (χ1n) is 8.48. The maximum atomic E-state index is 11.5. The van der Waals surface area contributed by atoms with Gasteiger partial charge in [0.2, 0.25) is 10.0 Å². The van der Waals surface area contributed by atoms with E-state index in [0.29, 0.717) is 17.9 Å². The molecule has 3 aromatic rings. The summed E-state index contributed by atoms with van der Waals surface area (Å²) in [6.45, 7) is 0. The largest absolute Gasteiger partial charge is 0.496 e. The van der Waals surface area contributed by atoms with Crippen LogP contribution in [0.25, 0.3) is 11.3 Å². The molecule has 0 fully saturated rings. The topological polar surface area (TPSA) is 90.4 Å². The lowest BCUT2D eigenvalue weighted by Gasteiger charge is -2.12. The molecule has 28 heavy (non-hydrogen) atoms. The Bertz CT molecular complexity index is 1080. The molecule has 0 saturated heterocycles. The number of ether oxygens (including phenoxy) is 2. The van der Waals surface area contributed by atoms with E-state index in [1.807, 2.05) is 36.4 Å². The number of hydrogen-bond acceptors (Lipinski definition) is 6. The molecule has 146 valence electrons. The van der Waals surface area contributed by atoms with Crippen molar-refractivity contribution in [1.29, 1.82) is 0 Å². The summed E-state index contributed by atoms with van der Waals surface area (Å²) in [6, 6.07) is 14.9. The second-order valence-corrected chi connectivity index (χ2v) is 7.93. The Kier molecular flexibility index (Phi) is 5.79. The molecule has 0 aliphatic heterocycles. The van der Waals surface area contributed by atoms with E-state index < -0.39 is 10.0 Å². The van der Waals surface area contributed by atoms with Gasteiger partial charge in [0, 0.05) is 17.7 Å². The molecule has 0 bridgehead atoms. The number of anilines is 1. The van der Waals surface area contributed by atoms with Crippen LogP contribution in [0, 0.1) is 0 Å². The number of nitrogens with zero attached hydrogens (tertiary/aromatic N) is 2. The van der Waals surface area contributed by atoms with Crippen LogP contribution in [0.15, 0.2) is 54.9 Å². The zero-order valence-corrected chi connectivity index (χ0v) is 16.7. The smallest absolute Gasteiger partial charge is 0.229 e.